The molecular formula is C27H28F3N7O4. The maximum Gasteiger partial charge on any atom is 0.490 e. The van der Waals surface area contributed by atoms with Crippen molar-refractivity contribution in [3.8, 4) is 0 Å². The molecule has 3 heterocycles. The second-order valence-electron chi connectivity index (χ2n) is 8.50. The number of benzene rings is 1. The van der Waals surface area contributed by atoms with Crippen LogP contribution in [0.4, 0.5) is 29.6 Å². The smallest absolute Gasteiger partial charge is 0.475 e. The first-order valence-corrected chi connectivity index (χ1v) is 12.3. The van der Waals surface area contributed by atoms with Crippen LogP contribution in [0.5, 0.6) is 0 Å². The van der Waals surface area contributed by atoms with Gasteiger partial charge < -0.3 is 25.9 Å². The van der Waals surface area contributed by atoms with Crippen molar-refractivity contribution in [3.05, 3.63) is 78.0 Å². The molecule has 14 heteroatoms. The number of aromatic amines is 1. The highest BCUT2D eigenvalue weighted by atomic mass is 19.4. The van der Waals surface area contributed by atoms with Crippen LogP contribution >= 0.6 is 0 Å². The van der Waals surface area contributed by atoms with E-state index in [1.165, 1.54) is 10.9 Å². The van der Waals surface area contributed by atoms with E-state index in [-0.39, 0.29) is 18.6 Å². The van der Waals surface area contributed by atoms with Crippen LogP contribution in [-0.2, 0) is 16.0 Å². The molecule has 1 aromatic carbocycles. The number of pyridine rings is 1. The third-order valence-corrected chi connectivity index (χ3v) is 5.34. The zero-order chi connectivity index (χ0) is 29.8. The van der Waals surface area contributed by atoms with Crippen LogP contribution in [-0.4, -0.2) is 62.5 Å². The van der Waals surface area contributed by atoms with Crippen LogP contribution in [0.3, 0.4) is 0 Å². The van der Waals surface area contributed by atoms with Crippen molar-refractivity contribution in [2.24, 2.45) is 5.73 Å². The van der Waals surface area contributed by atoms with Crippen LogP contribution in [0.1, 0.15) is 23.7 Å². The Labute approximate surface area is 232 Å². The molecule has 0 aliphatic carbocycles. The van der Waals surface area contributed by atoms with Gasteiger partial charge in [0.2, 0.25) is 5.95 Å². The monoisotopic (exact) mass is 571 g/mol. The summed E-state index contributed by atoms with van der Waals surface area (Å²) in [4.78, 5) is 36.3. The summed E-state index contributed by atoms with van der Waals surface area (Å²) < 4.78 is 36.6. The van der Waals surface area contributed by atoms with Crippen LogP contribution < -0.4 is 16.4 Å². The summed E-state index contributed by atoms with van der Waals surface area (Å²) in [6, 6.07) is 11.9. The first kappa shape index (κ1) is 30.6. The fraction of sp³-hybridized carbons (Fsp3) is 0.222. The van der Waals surface area contributed by atoms with Gasteiger partial charge in [0.1, 0.15) is 0 Å². The van der Waals surface area contributed by atoms with Crippen molar-refractivity contribution >= 4 is 46.8 Å². The number of aromatic nitrogens is 4. The van der Waals surface area contributed by atoms with Crippen molar-refractivity contribution in [1.29, 1.82) is 0 Å². The highest BCUT2D eigenvalue weighted by Gasteiger charge is 2.38. The molecule has 4 aromatic rings. The van der Waals surface area contributed by atoms with Crippen LogP contribution in [0, 0.1) is 0 Å². The Kier molecular flexibility index (Phi) is 10.7. The number of hydrogen-bond donors (Lipinski definition) is 5. The van der Waals surface area contributed by atoms with Crippen LogP contribution in [0.15, 0.2) is 61.2 Å². The summed E-state index contributed by atoms with van der Waals surface area (Å²) >= 11 is 0. The van der Waals surface area contributed by atoms with E-state index in [4.69, 9.17) is 20.4 Å². The molecule has 0 radical (unpaired) electrons. The molecule has 41 heavy (non-hydrogen) atoms. The molecule has 0 aliphatic heterocycles. The molecule has 3 aromatic heterocycles. The number of hydrogen-bond acceptors (Lipinski definition) is 8. The molecule has 0 saturated heterocycles. The molecule has 0 saturated carbocycles. The maximum absolute atomic E-state index is 11.5. The summed E-state index contributed by atoms with van der Waals surface area (Å²) in [5.41, 5.74) is 11.1. The molecule has 0 aliphatic rings. The largest absolute Gasteiger partial charge is 0.490 e. The molecule has 216 valence electrons. The van der Waals surface area contributed by atoms with E-state index in [9.17, 15) is 18.0 Å². The van der Waals surface area contributed by atoms with E-state index in [0.717, 1.165) is 23.2 Å². The Morgan fingerprint density at radius 2 is 1.95 bits per heavy atom. The van der Waals surface area contributed by atoms with Crippen molar-refractivity contribution in [2.45, 2.75) is 25.6 Å². The SMILES string of the molecule is CCOC(=O)Nc1nccc(C=Cc2cncc(NC[C@@H](N)Cc3c[nH]c4ccccc34)c2)n1.O=C(O)C(F)(F)F. The van der Waals surface area contributed by atoms with Crippen molar-refractivity contribution in [2.75, 3.05) is 23.8 Å². The van der Waals surface area contributed by atoms with Crippen molar-refractivity contribution < 1.29 is 32.6 Å². The quantitative estimate of drug-likeness (QED) is 0.191. The normalized spacial score (nSPS) is 11.9. The number of carboxylic acid groups (broad SMARTS) is 1. The van der Waals surface area contributed by atoms with Crippen molar-refractivity contribution in [3.63, 3.8) is 0 Å². The molecule has 0 fully saturated rings. The van der Waals surface area contributed by atoms with Gasteiger partial charge in [-0.05, 0) is 48.7 Å². The summed E-state index contributed by atoms with van der Waals surface area (Å²) in [5, 5.41) is 14.2. The van der Waals surface area contributed by atoms with Crippen molar-refractivity contribution in [1.82, 2.24) is 19.9 Å². The number of halogens is 3. The number of anilines is 2. The molecule has 1 atom stereocenters. The predicted octanol–water partition coefficient (Wildman–Crippen LogP) is 4.71. The van der Waals surface area contributed by atoms with Gasteiger partial charge in [-0.2, -0.15) is 13.2 Å². The second-order valence-corrected chi connectivity index (χ2v) is 8.50. The van der Waals surface area contributed by atoms with Gasteiger partial charge in [0, 0.05) is 48.3 Å². The number of H-pyrrole nitrogens is 1. The second kappa shape index (κ2) is 14.4. The van der Waals surface area contributed by atoms with Gasteiger partial charge in [-0.25, -0.2) is 19.6 Å². The number of aliphatic carboxylic acids is 1. The first-order valence-electron chi connectivity index (χ1n) is 12.3. The lowest BCUT2D eigenvalue weighted by molar-refractivity contribution is -0.192. The van der Waals surface area contributed by atoms with Gasteiger partial charge in [0.25, 0.3) is 0 Å². The summed E-state index contributed by atoms with van der Waals surface area (Å²) in [7, 11) is 0. The minimum Gasteiger partial charge on any atom is -0.475 e. The number of carboxylic acids is 1. The number of rotatable bonds is 9. The van der Waals surface area contributed by atoms with Gasteiger partial charge in [-0.1, -0.05) is 24.3 Å². The highest BCUT2D eigenvalue weighted by Crippen LogP contribution is 2.19. The first-order chi connectivity index (χ1) is 19.5. The number of nitrogens with one attached hydrogen (secondary N) is 3. The molecular weight excluding hydrogens is 543 g/mol. The lowest BCUT2D eigenvalue weighted by Crippen LogP contribution is -2.31. The van der Waals surface area contributed by atoms with E-state index in [2.05, 4.69) is 42.7 Å². The predicted molar refractivity (Wildman–Crippen MR) is 148 cm³/mol. The Bertz CT molecular complexity index is 1490. The number of nitrogens with two attached hydrogens (primary N) is 1. The number of ether oxygens (including phenoxy) is 1. The molecule has 11 nitrogen and oxygen atoms in total. The van der Waals surface area contributed by atoms with Gasteiger partial charge in [0.05, 0.1) is 18.0 Å². The molecule has 4 rings (SSSR count). The van der Waals surface area contributed by atoms with E-state index >= 15 is 0 Å². The lowest BCUT2D eigenvalue weighted by atomic mass is 10.1. The Morgan fingerprint density at radius 1 is 1.20 bits per heavy atom. The number of amides is 1. The number of fused-ring (bicyclic) bond motifs is 1. The Balaban J connectivity index is 0.000000587. The topological polar surface area (TPSA) is 168 Å². The van der Waals surface area contributed by atoms with Crippen LogP contribution in [0.25, 0.3) is 23.1 Å². The fourth-order valence-corrected chi connectivity index (χ4v) is 3.52. The number of carbonyl (C=O) groups excluding carboxylic acids is 1. The number of alkyl halides is 3. The fourth-order valence-electron chi connectivity index (χ4n) is 3.52. The van der Waals surface area contributed by atoms with Gasteiger partial charge >= 0.3 is 18.2 Å². The summed E-state index contributed by atoms with van der Waals surface area (Å²) in [6.07, 6.45) is 5.92. The zero-order valence-electron chi connectivity index (χ0n) is 21.9. The minimum atomic E-state index is -5.08. The summed E-state index contributed by atoms with van der Waals surface area (Å²) in [6.45, 7) is 2.62. The Hall–Kier alpha value is -4.98. The van der Waals surface area contributed by atoms with Gasteiger partial charge in [-0.15, -0.1) is 0 Å². The standard InChI is InChI=1S/C25H27N7O2.C2HF3O2/c1-2-34-25(33)32-24-28-10-9-20(31-24)8-7-17-11-21(16-27-13-17)29-15-19(26)12-18-14-30-23-6-4-3-5-22(18)23;3-2(4,5)1(6)7/h3-11,13-14,16,19,29-30H,2,12,15,26H2,1H3,(H,28,31,32,33);(H,6,7)/t19-;/m0./s1. The average molecular weight is 572 g/mol. The van der Waals surface area contributed by atoms with E-state index in [0.29, 0.717) is 12.2 Å². The van der Waals surface area contributed by atoms with Gasteiger partial charge in [-0.3, -0.25) is 10.3 Å². The minimum absolute atomic E-state index is 0.0512. The van der Waals surface area contributed by atoms with E-state index in [1.54, 1.807) is 31.6 Å². The zero-order valence-corrected chi connectivity index (χ0v) is 21.9. The summed E-state index contributed by atoms with van der Waals surface area (Å²) in [5.74, 6) is -2.58. The molecule has 0 bridgehead atoms. The highest BCUT2D eigenvalue weighted by molar-refractivity contribution is 5.83. The molecule has 0 unspecified atom stereocenters. The molecule has 6 N–H and O–H groups in total. The molecule has 1 amide bonds. The van der Waals surface area contributed by atoms with E-state index < -0.39 is 18.2 Å². The lowest BCUT2D eigenvalue weighted by Gasteiger charge is -2.13. The van der Waals surface area contributed by atoms with E-state index in [1.807, 2.05) is 36.5 Å². The van der Waals surface area contributed by atoms with Gasteiger partial charge in [0.15, 0.2) is 0 Å². The molecule has 0 spiro atoms. The third-order valence-electron chi connectivity index (χ3n) is 5.34. The van der Waals surface area contributed by atoms with Crippen LogP contribution in [0.2, 0.25) is 0 Å². The average Bonchev–Trinajstić information content (AvgIpc) is 3.34. The third kappa shape index (κ3) is 9.93. The number of carbonyl (C=O) groups is 2. The number of nitrogens with zero attached hydrogens (tertiary/aromatic N) is 3. The number of para-hydroxylation sites is 1. The maximum atomic E-state index is 11.5. The Morgan fingerprint density at radius 3 is 2.68 bits per heavy atom.